The number of carbonyl (C=O) groups is 2. The van der Waals surface area contributed by atoms with Gasteiger partial charge in [0.1, 0.15) is 5.57 Å². The Morgan fingerprint density at radius 2 is 1.48 bits per heavy atom. The topological polar surface area (TPSA) is 49.4 Å². The average Bonchev–Trinajstić information content (AvgIpc) is 2.79. The van der Waals surface area contributed by atoms with Gasteiger partial charge in [-0.15, -0.1) is 0 Å². The number of anilines is 1. The van der Waals surface area contributed by atoms with Crippen molar-refractivity contribution in [2.45, 2.75) is 29.6 Å². The Balaban J connectivity index is 1.56. The number of nitrogens with one attached hydrogen (secondary N) is 1. The number of benzene rings is 3. The lowest BCUT2D eigenvalue weighted by molar-refractivity contribution is -0.122. The molecule has 1 fully saturated rings. The summed E-state index contributed by atoms with van der Waals surface area (Å²) in [5.74, 6) is -0.570. The molecule has 1 aliphatic heterocycles. The van der Waals surface area contributed by atoms with E-state index in [1.165, 1.54) is 4.90 Å². The van der Waals surface area contributed by atoms with Gasteiger partial charge in [0, 0.05) is 14.8 Å². The molecule has 3 aromatic carbocycles. The minimum Gasteiger partial charge on any atom is -0.298 e. The van der Waals surface area contributed by atoms with E-state index >= 15 is 0 Å². The first-order valence-electron chi connectivity index (χ1n) is 10.4. The van der Waals surface area contributed by atoms with E-state index in [4.69, 9.17) is 23.8 Å². The van der Waals surface area contributed by atoms with Crippen LogP contribution in [0.4, 0.5) is 5.69 Å². The van der Waals surface area contributed by atoms with Crippen LogP contribution in [0.3, 0.4) is 0 Å². The summed E-state index contributed by atoms with van der Waals surface area (Å²) >= 11 is 12.8. The van der Waals surface area contributed by atoms with E-state index in [0.717, 1.165) is 20.9 Å². The van der Waals surface area contributed by atoms with Crippen LogP contribution in [0.15, 0.2) is 88.2 Å². The molecule has 1 heterocycles. The Bertz CT molecular complexity index is 1230. The molecule has 1 saturated heterocycles. The van der Waals surface area contributed by atoms with Gasteiger partial charge in [-0.3, -0.25) is 19.8 Å². The normalized spacial score (nSPS) is 15.3. The van der Waals surface area contributed by atoms with Crippen molar-refractivity contribution >= 4 is 64.3 Å². The molecule has 1 N–H and O–H groups in total. The monoisotopic (exact) mass is 492 g/mol. The molecule has 0 bridgehead atoms. The number of halogens is 1. The molecule has 4 rings (SSSR count). The fourth-order valence-electron chi connectivity index (χ4n) is 3.34. The van der Waals surface area contributed by atoms with E-state index in [1.54, 1.807) is 17.8 Å². The molecule has 2 amide bonds. The standard InChI is InChI=1S/C26H21ClN2O2S2/c1-16(2)18-5-9-20(10-6-18)29-25(31)23(24(30)28-26(29)32)15-17-3-11-21(12-4-17)33-22-13-7-19(27)8-14-22/h3-16H,1-2H3,(H,28,30,32)/b23-15+. The minimum absolute atomic E-state index is 0.0367. The van der Waals surface area contributed by atoms with Crippen LogP contribution < -0.4 is 10.2 Å². The van der Waals surface area contributed by atoms with Crippen molar-refractivity contribution in [1.82, 2.24) is 5.32 Å². The summed E-state index contributed by atoms with van der Waals surface area (Å²) in [6.45, 7) is 4.21. The SMILES string of the molecule is CC(C)c1ccc(N2C(=O)/C(=C/c3ccc(Sc4ccc(Cl)cc4)cc3)C(=O)NC2=S)cc1. The summed E-state index contributed by atoms with van der Waals surface area (Å²) in [7, 11) is 0. The van der Waals surface area contributed by atoms with Gasteiger partial charge in [0.15, 0.2) is 5.11 Å². The number of hydrogen-bond donors (Lipinski definition) is 1. The van der Waals surface area contributed by atoms with Crippen molar-refractivity contribution in [2.75, 3.05) is 4.90 Å². The molecule has 0 aliphatic carbocycles. The van der Waals surface area contributed by atoms with Crippen LogP contribution in [-0.2, 0) is 9.59 Å². The molecule has 166 valence electrons. The number of hydrogen-bond acceptors (Lipinski definition) is 4. The Labute approximate surface area is 207 Å². The molecule has 3 aromatic rings. The summed E-state index contributed by atoms with van der Waals surface area (Å²) in [4.78, 5) is 29.2. The lowest BCUT2D eigenvalue weighted by atomic mass is 10.0. The van der Waals surface area contributed by atoms with Crippen molar-refractivity contribution in [3.8, 4) is 0 Å². The van der Waals surface area contributed by atoms with Crippen LogP contribution in [0, 0.1) is 0 Å². The molecule has 0 aromatic heterocycles. The second-order valence-electron chi connectivity index (χ2n) is 7.83. The first-order chi connectivity index (χ1) is 15.8. The Kier molecular flexibility index (Phi) is 6.98. The average molecular weight is 493 g/mol. The second kappa shape index (κ2) is 9.91. The lowest BCUT2D eigenvalue weighted by Crippen LogP contribution is -2.54. The maximum absolute atomic E-state index is 13.2. The first kappa shape index (κ1) is 23.2. The molecule has 1 aliphatic rings. The smallest absolute Gasteiger partial charge is 0.270 e. The van der Waals surface area contributed by atoms with Gasteiger partial charge in [0.2, 0.25) is 0 Å². The van der Waals surface area contributed by atoms with Gasteiger partial charge in [-0.1, -0.05) is 61.5 Å². The van der Waals surface area contributed by atoms with Gasteiger partial charge in [0.05, 0.1) is 5.69 Å². The van der Waals surface area contributed by atoms with E-state index in [1.807, 2.05) is 72.8 Å². The number of carbonyl (C=O) groups excluding carboxylic acids is 2. The van der Waals surface area contributed by atoms with E-state index in [9.17, 15) is 9.59 Å². The molecule has 7 heteroatoms. The van der Waals surface area contributed by atoms with Crippen molar-refractivity contribution in [3.05, 3.63) is 94.5 Å². The maximum atomic E-state index is 13.2. The summed E-state index contributed by atoms with van der Waals surface area (Å²) in [6.07, 6.45) is 1.59. The van der Waals surface area contributed by atoms with Crippen LogP contribution >= 0.6 is 35.6 Å². The zero-order valence-corrected chi connectivity index (χ0v) is 20.4. The summed E-state index contributed by atoms with van der Waals surface area (Å²) in [6, 6.07) is 22.9. The minimum atomic E-state index is -0.500. The summed E-state index contributed by atoms with van der Waals surface area (Å²) in [5, 5.41) is 3.40. The third kappa shape index (κ3) is 5.36. The van der Waals surface area contributed by atoms with Crippen LogP contribution in [0.2, 0.25) is 5.02 Å². The molecule has 0 radical (unpaired) electrons. The number of thiocarbonyl (C=S) groups is 1. The van der Waals surface area contributed by atoms with Crippen LogP contribution in [-0.4, -0.2) is 16.9 Å². The fraction of sp³-hybridized carbons (Fsp3) is 0.115. The molecule has 0 saturated carbocycles. The van der Waals surface area contributed by atoms with Gasteiger partial charge in [-0.25, -0.2) is 0 Å². The van der Waals surface area contributed by atoms with Crippen LogP contribution in [0.25, 0.3) is 6.08 Å². The van der Waals surface area contributed by atoms with Gasteiger partial charge in [-0.05, 0) is 83.9 Å². The first-order valence-corrected chi connectivity index (χ1v) is 12.0. The highest BCUT2D eigenvalue weighted by Gasteiger charge is 2.34. The third-order valence-corrected chi connectivity index (χ3v) is 6.71. The molecule has 4 nitrogen and oxygen atoms in total. The van der Waals surface area contributed by atoms with Crippen molar-refractivity contribution in [2.24, 2.45) is 0 Å². The Morgan fingerprint density at radius 1 is 0.909 bits per heavy atom. The lowest BCUT2D eigenvalue weighted by Gasteiger charge is -2.29. The third-order valence-electron chi connectivity index (χ3n) is 5.16. The van der Waals surface area contributed by atoms with Crippen molar-refractivity contribution in [1.29, 1.82) is 0 Å². The van der Waals surface area contributed by atoms with E-state index < -0.39 is 11.8 Å². The zero-order valence-electron chi connectivity index (χ0n) is 18.0. The maximum Gasteiger partial charge on any atom is 0.270 e. The fourth-order valence-corrected chi connectivity index (χ4v) is 4.56. The van der Waals surface area contributed by atoms with E-state index in [2.05, 4.69) is 19.2 Å². The van der Waals surface area contributed by atoms with Crippen molar-refractivity contribution in [3.63, 3.8) is 0 Å². The van der Waals surface area contributed by atoms with Gasteiger partial charge < -0.3 is 0 Å². The molecule has 0 unspecified atom stereocenters. The zero-order chi connectivity index (χ0) is 23.5. The van der Waals surface area contributed by atoms with Gasteiger partial charge >= 0.3 is 0 Å². The van der Waals surface area contributed by atoms with Crippen LogP contribution in [0.5, 0.6) is 0 Å². The van der Waals surface area contributed by atoms with Crippen LogP contribution in [0.1, 0.15) is 30.9 Å². The van der Waals surface area contributed by atoms with Gasteiger partial charge in [-0.2, -0.15) is 0 Å². The van der Waals surface area contributed by atoms with E-state index in [-0.39, 0.29) is 10.7 Å². The molecule has 33 heavy (non-hydrogen) atoms. The number of amides is 2. The molecule has 0 atom stereocenters. The Morgan fingerprint density at radius 3 is 2.06 bits per heavy atom. The molecule has 0 spiro atoms. The van der Waals surface area contributed by atoms with Gasteiger partial charge in [0.25, 0.3) is 11.8 Å². The predicted octanol–water partition coefficient (Wildman–Crippen LogP) is 6.45. The summed E-state index contributed by atoms with van der Waals surface area (Å²) in [5.41, 5.74) is 2.56. The highest BCUT2D eigenvalue weighted by molar-refractivity contribution is 7.99. The number of nitrogens with zero attached hydrogens (tertiary/aromatic N) is 1. The molecular weight excluding hydrogens is 472 g/mol. The van der Waals surface area contributed by atoms with Crippen molar-refractivity contribution < 1.29 is 9.59 Å². The number of rotatable bonds is 5. The Hall–Kier alpha value is -2.93. The largest absolute Gasteiger partial charge is 0.298 e. The quantitative estimate of drug-likeness (QED) is 0.253. The summed E-state index contributed by atoms with van der Waals surface area (Å²) < 4.78 is 0. The second-order valence-corrected chi connectivity index (χ2v) is 9.80. The molecular formula is C26H21ClN2O2S2. The predicted molar refractivity (Wildman–Crippen MR) is 139 cm³/mol. The van der Waals surface area contributed by atoms with E-state index in [0.29, 0.717) is 16.6 Å². The highest BCUT2D eigenvalue weighted by atomic mass is 35.5. The highest BCUT2D eigenvalue weighted by Crippen LogP contribution is 2.29.